The Kier molecular flexibility index (Phi) is 3.43. The SMILES string of the molecule is CNc1cc(N(C)CC(N)=O)nc(C)n1. The summed E-state index contributed by atoms with van der Waals surface area (Å²) in [5.74, 6) is 1.65. The van der Waals surface area contributed by atoms with E-state index in [9.17, 15) is 4.79 Å². The van der Waals surface area contributed by atoms with E-state index in [1.807, 2.05) is 0 Å². The van der Waals surface area contributed by atoms with E-state index in [1.54, 1.807) is 32.0 Å². The van der Waals surface area contributed by atoms with Gasteiger partial charge in [0.2, 0.25) is 5.91 Å². The zero-order valence-corrected chi connectivity index (χ0v) is 9.11. The van der Waals surface area contributed by atoms with Crippen LogP contribution in [-0.4, -0.2) is 36.5 Å². The number of amides is 1. The summed E-state index contributed by atoms with van der Waals surface area (Å²) in [5.41, 5.74) is 5.10. The number of primary amides is 1. The third kappa shape index (κ3) is 3.08. The van der Waals surface area contributed by atoms with Crippen LogP contribution in [0.1, 0.15) is 5.82 Å². The Morgan fingerprint density at radius 1 is 1.60 bits per heavy atom. The number of hydrogen-bond acceptors (Lipinski definition) is 5. The lowest BCUT2D eigenvalue weighted by Gasteiger charge is -2.16. The molecule has 0 spiro atoms. The number of anilines is 2. The fourth-order valence-corrected chi connectivity index (χ4v) is 1.19. The number of aromatic nitrogens is 2. The van der Waals surface area contributed by atoms with Gasteiger partial charge in [0.05, 0.1) is 6.54 Å². The lowest BCUT2D eigenvalue weighted by molar-refractivity contribution is -0.116. The standard InChI is InChI=1S/C9H15N5O/c1-6-12-8(11-2)4-9(13-6)14(3)5-7(10)15/h4H,5H2,1-3H3,(H2,10,15)(H,11,12,13). The highest BCUT2D eigenvalue weighted by Gasteiger charge is 2.07. The Labute approximate surface area is 88.5 Å². The van der Waals surface area contributed by atoms with Crippen LogP contribution in [0.5, 0.6) is 0 Å². The molecule has 1 heterocycles. The molecule has 1 aromatic rings. The van der Waals surface area contributed by atoms with E-state index in [2.05, 4.69) is 15.3 Å². The number of likely N-dealkylation sites (N-methyl/N-ethyl adjacent to an activating group) is 1. The van der Waals surface area contributed by atoms with Crippen molar-refractivity contribution in [3.8, 4) is 0 Å². The van der Waals surface area contributed by atoms with Crippen molar-refractivity contribution in [3.05, 3.63) is 11.9 Å². The Hall–Kier alpha value is -1.85. The van der Waals surface area contributed by atoms with Crippen molar-refractivity contribution in [2.24, 2.45) is 5.73 Å². The lowest BCUT2D eigenvalue weighted by Crippen LogP contribution is -2.31. The molecule has 3 N–H and O–H groups in total. The molecule has 0 aliphatic carbocycles. The van der Waals surface area contributed by atoms with Gasteiger partial charge in [-0.15, -0.1) is 0 Å². The van der Waals surface area contributed by atoms with Gasteiger partial charge >= 0.3 is 0 Å². The fraction of sp³-hybridized carbons (Fsp3) is 0.444. The van der Waals surface area contributed by atoms with Crippen LogP contribution in [0.4, 0.5) is 11.6 Å². The molecular weight excluding hydrogens is 194 g/mol. The molecule has 6 nitrogen and oxygen atoms in total. The Balaban J connectivity index is 2.92. The average Bonchev–Trinajstić information content (AvgIpc) is 2.15. The highest BCUT2D eigenvalue weighted by atomic mass is 16.1. The van der Waals surface area contributed by atoms with Gasteiger partial charge in [0, 0.05) is 20.2 Å². The maximum Gasteiger partial charge on any atom is 0.236 e. The van der Waals surface area contributed by atoms with Gasteiger partial charge in [-0.3, -0.25) is 4.79 Å². The van der Waals surface area contributed by atoms with Gasteiger partial charge in [0.15, 0.2) is 0 Å². The minimum Gasteiger partial charge on any atom is -0.373 e. The van der Waals surface area contributed by atoms with E-state index in [4.69, 9.17) is 5.73 Å². The molecule has 82 valence electrons. The molecule has 0 atom stereocenters. The van der Waals surface area contributed by atoms with Gasteiger partial charge in [0.1, 0.15) is 17.5 Å². The van der Waals surface area contributed by atoms with E-state index >= 15 is 0 Å². The molecule has 0 saturated carbocycles. The minimum absolute atomic E-state index is 0.138. The van der Waals surface area contributed by atoms with E-state index in [1.165, 1.54) is 0 Å². The molecule has 0 aliphatic rings. The predicted octanol–water partition coefficient (Wildman–Crippen LogP) is -0.252. The van der Waals surface area contributed by atoms with Crippen molar-refractivity contribution in [2.45, 2.75) is 6.92 Å². The van der Waals surface area contributed by atoms with Crippen molar-refractivity contribution in [3.63, 3.8) is 0 Å². The van der Waals surface area contributed by atoms with Gasteiger partial charge in [-0.2, -0.15) is 0 Å². The molecule has 0 fully saturated rings. The monoisotopic (exact) mass is 209 g/mol. The summed E-state index contributed by atoms with van der Waals surface area (Å²) in [6.45, 7) is 1.93. The van der Waals surface area contributed by atoms with Gasteiger partial charge in [0.25, 0.3) is 0 Å². The van der Waals surface area contributed by atoms with Crippen molar-refractivity contribution in [1.29, 1.82) is 0 Å². The van der Waals surface area contributed by atoms with Crippen LogP contribution in [0.15, 0.2) is 6.07 Å². The first-order chi connectivity index (χ1) is 7.02. The summed E-state index contributed by atoms with van der Waals surface area (Å²) in [4.78, 5) is 20.8. The summed E-state index contributed by atoms with van der Waals surface area (Å²) in [7, 11) is 3.53. The largest absolute Gasteiger partial charge is 0.373 e. The zero-order chi connectivity index (χ0) is 11.4. The van der Waals surface area contributed by atoms with Crippen molar-refractivity contribution in [2.75, 3.05) is 30.9 Å². The summed E-state index contributed by atoms with van der Waals surface area (Å²) < 4.78 is 0. The maximum atomic E-state index is 10.7. The van der Waals surface area contributed by atoms with Crippen LogP contribution in [-0.2, 0) is 4.79 Å². The molecule has 0 saturated heterocycles. The van der Waals surface area contributed by atoms with Crippen LogP contribution < -0.4 is 16.0 Å². The van der Waals surface area contributed by atoms with Crippen molar-refractivity contribution < 1.29 is 4.79 Å². The van der Waals surface area contributed by atoms with Crippen LogP contribution in [0, 0.1) is 6.92 Å². The van der Waals surface area contributed by atoms with E-state index < -0.39 is 0 Å². The fourth-order valence-electron chi connectivity index (χ4n) is 1.19. The lowest BCUT2D eigenvalue weighted by atomic mass is 10.4. The summed E-state index contributed by atoms with van der Waals surface area (Å²) in [6.07, 6.45) is 0. The summed E-state index contributed by atoms with van der Waals surface area (Å²) >= 11 is 0. The van der Waals surface area contributed by atoms with E-state index in [0.717, 1.165) is 0 Å². The van der Waals surface area contributed by atoms with E-state index in [-0.39, 0.29) is 12.5 Å². The molecule has 1 aromatic heterocycles. The second-order valence-electron chi connectivity index (χ2n) is 3.23. The molecule has 0 bridgehead atoms. The van der Waals surface area contributed by atoms with Crippen LogP contribution in [0.2, 0.25) is 0 Å². The minimum atomic E-state index is -0.389. The first-order valence-electron chi connectivity index (χ1n) is 4.56. The molecule has 0 radical (unpaired) electrons. The molecular formula is C9H15N5O. The number of rotatable bonds is 4. The Bertz CT molecular complexity index is 366. The first kappa shape index (κ1) is 11.2. The van der Waals surface area contributed by atoms with Crippen LogP contribution in [0.25, 0.3) is 0 Å². The molecule has 15 heavy (non-hydrogen) atoms. The summed E-state index contributed by atoms with van der Waals surface area (Å²) in [5, 5.41) is 2.92. The highest BCUT2D eigenvalue weighted by molar-refractivity contribution is 5.79. The third-order valence-electron chi connectivity index (χ3n) is 1.86. The molecule has 6 heteroatoms. The van der Waals surface area contributed by atoms with Gasteiger partial charge in [-0.1, -0.05) is 0 Å². The highest BCUT2D eigenvalue weighted by Crippen LogP contribution is 2.13. The smallest absolute Gasteiger partial charge is 0.236 e. The normalized spacial score (nSPS) is 9.80. The summed E-state index contributed by atoms with van der Waals surface area (Å²) in [6, 6.07) is 1.76. The molecule has 1 rings (SSSR count). The van der Waals surface area contributed by atoms with Gasteiger partial charge < -0.3 is 16.0 Å². The maximum absolute atomic E-state index is 10.7. The molecule has 1 amide bonds. The quantitative estimate of drug-likeness (QED) is 0.714. The number of carbonyl (C=O) groups excluding carboxylic acids is 1. The average molecular weight is 209 g/mol. The topological polar surface area (TPSA) is 84.1 Å². The number of carbonyl (C=O) groups is 1. The number of nitrogens with zero attached hydrogens (tertiary/aromatic N) is 3. The predicted molar refractivity (Wildman–Crippen MR) is 58.8 cm³/mol. The second kappa shape index (κ2) is 4.59. The number of aryl methyl sites for hydroxylation is 1. The van der Waals surface area contributed by atoms with Crippen molar-refractivity contribution >= 4 is 17.5 Å². The second-order valence-corrected chi connectivity index (χ2v) is 3.23. The number of nitrogens with one attached hydrogen (secondary N) is 1. The van der Waals surface area contributed by atoms with Gasteiger partial charge in [-0.05, 0) is 6.92 Å². The van der Waals surface area contributed by atoms with E-state index in [0.29, 0.717) is 17.5 Å². The van der Waals surface area contributed by atoms with Gasteiger partial charge in [-0.25, -0.2) is 9.97 Å². The van der Waals surface area contributed by atoms with Crippen LogP contribution >= 0.6 is 0 Å². The Morgan fingerprint density at radius 2 is 2.27 bits per heavy atom. The zero-order valence-electron chi connectivity index (χ0n) is 9.11. The molecule has 0 aliphatic heterocycles. The van der Waals surface area contributed by atoms with Crippen LogP contribution in [0.3, 0.4) is 0 Å². The number of hydrogen-bond donors (Lipinski definition) is 2. The molecule has 0 aromatic carbocycles. The Morgan fingerprint density at radius 3 is 2.80 bits per heavy atom. The number of nitrogens with two attached hydrogens (primary N) is 1. The first-order valence-corrected chi connectivity index (χ1v) is 4.56. The van der Waals surface area contributed by atoms with Crippen molar-refractivity contribution in [1.82, 2.24) is 9.97 Å². The third-order valence-corrected chi connectivity index (χ3v) is 1.86. The molecule has 0 unspecified atom stereocenters.